The standard InChI is InChI=1S/C46H54N2O12S/c1-7-10-32-42(53)27(2)11-8-21-46(6)37(60-46)24-34(30-15-18-35-33(23-30)47-28(3)61-35)58-41(52)25-36(45(4,5)43(32)54)59-44(55)56-26-29-13-16-31(17-14-29)57-40(51)12-9-22-48-38(49)19-20-39(48)50/h7,13-20,23,27,32,34,36-37,42,53H,1,8-12,21-22,24-26H2,2-6H3/t27-,32+,34-,36-,37-,42-,46+/m0/s1. The number of aryl methyl sites for hydroxylation is 1. The van der Waals surface area contributed by atoms with Crippen molar-refractivity contribution in [2.45, 2.75) is 123 Å². The van der Waals surface area contributed by atoms with Gasteiger partial charge in [0.05, 0.1) is 44.9 Å². The Hall–Kier alpha value is -5.25. The number of benzene rings is 2. The van der Waals surface area contributed by atoms with Gasteiger partial charge in [-0.3, -0.25) is 28.9 Å². The van der Waals surface area contributed by atoms with E-state index in [1.165, 1.54) is 24.3 Å². The molecule has 0 aliphatic carbocycles. The first kappa shape index (κ1) is 45.3. The Bertz CT molecular complexity index is 2160. The van der Waals surface area contributed by atoms with E-state index in [-0.39, 0.29) is 50.2 Å². The molecule has 7 atom stereocenters. The highest BCUT2D eigenvalue weighted by Crippen LogP contribution is 2.47. The molecule has 14 nitrogen and oxygen atoms in total. The molecule has 2 amide bonds. The molecular weight excluding hydrogens is 805 g/mol. The lowest BCUT2D eigenvalue weighted by Crippen LogP contribution is -2.48. The molecule has 2 aromatic carbocycles. The van der Waals surface area contributed by atoms with E-state index in [0.717, 1.165) is 38.5 Å². The van der Waals surface area contributed by atoms with E-state index in [1.807, 2.05) is 39.0 Å². The summed E-state index contributed by atoms with van der Waals surface area (Å²) in [5.41, 5.74) is 0.124. The summed E-state index contributed by atoms with van der Waals surface area (Å²) in [6.45, 7) is 12.7. The Morgan fingerprint density at radius 2 is 1.79 bits per heavy atom. The van der Waals surface area contributed by atoms with Crippen LogP contribution in [0.5, 0.6) is 5.75 Å². The second kappa shape index (κ2) is 19.2. The van der Waals surface area contributed by atoms with Crippen LogP contribution in [0.15, 0.2) is 67.3 Å². The van der Waals surface area contributed by atoms with Gasteiger partial charge in [-0.1, -0.05) is 37.6 Å². The molecule has 15 heteroatoms. The third-order valence-electron chi connectivity index (χ3n) is 11.9. The molecule has 1 aromatic heterocycles. The van der Waals surface area contributed by atoms with Gasteiger partial charge in [-0.2, -0.15) is 0 Å². The first-order chi connectivity index (χ1) is 29.0. The first-order valence-corrected chi connectivity index (χ1v) is 21.5. The number of esters is 2. The van der Waals surface area contributed by atoms with Gasteiger partial charge in [-0.15, -0.1) is 17.9 Å². The van der Waals surface area contributed by atoms with Gasteiger partial charge in [0.15, 0.2) is 0 Å². The van der Waals surface area contributed by atoms with Gasteiger partial charge in [-0.25, -0.2) is 9.78 Å². The molecule has 0 radical (unpaired) electrons. The van der Waals surface area contributed by atoms with Crippen LogP contribution in [0.4, 0.5) is 4.79 Å². The van der Waals surface area contributed by atoms with Crippen LogP contribution in [0.3, 0.4) is 0 Å². The number of aliphatic hydroxyl groups is 1. The number of ether oxygens (including phenoxy) is 5. The Kier molecular flexibility index (Phi) is 14.3. The number of fused-ring (bicyclic) bond motifs is 2. The smallest absolute Gasteiger partial charge is 0.457 e. The lowest BCUT2D eigenvalue weighted by Gasteiger charge is -2.37. The van der Waals surface area contributed by atoms with Gasteiger partial charge < -0.3 is 28.8 Å². The highest BCUT2D eigenvalue weighted by Gasteiger charge is 2.53. The molecule has 0 bridgehead atoms. The van der Waals surface area contributed by atoms with E-state index in [2.05, 4.69) is 11.6 Å². The van der Waals surface area contributed by atoms with Crippen LogP contribution in [0.2, 0.25) is 0 Å². The van der Waals surface area contributed by atoms with Gasteiger partial charge in [-0.05, 0) is 94.7 Å². The molecule has 3 aliphatic heterocycles. The van der Waals surface area contributed by atoms with Crippen molar-refractivity contribution in [3.63, 3.8) is 0 Å². The van der Waals surface area contributed by atoms with Crippen molar-refractivity contribution < 1.29 is 57.6 Å². The fourth-order valence-electron chi connectivity index (χ4n) is 8.04. The SMILES string of the molecule is C=CC[C@H]1C(=O)C(C)(C)[C@@H](OC(=O)OCc2ccc(OC(=O)CCCN3C(=O)C=CC3=O)cc2)CC(=O)O[C@H](c2ccc3sc(C)nc3c2)C[C@@H]2O[C@]2(C)CCC[C@H](C)[C@@H]1O. The van der Waals surface area contributed by atoms with Gasteiger partial charge in [0.25, 0.3) is 11.8 Å². The number of rotatable bonds is 11. The van der Waals surface area contributed by atoms with Crippen molar-refractivity contribution in [2.75, 3.05) is 6.54 Å². The average Bonchev–Trinajstić information content (AvgIpc) is 3.50. The number of amides is 2. The zero-order valence-electron chi connectivity index (χ0n) is 35.3. The quantitative estimate of drug-likeness (QED) is 0.0660. The third kappa shape index (κ3) is 11.2. The minimum Gasteiger partial charge on any atom is -0.457 e. The molecule has 2 fully saturated rings. The monoisotopic (exact) mass is 858 g/mol. The number of hydrogen-bond acceptors (Lipinski definition) is 14. The number of ketones is 1. The van der Waals surface area contributed by atoms with Crippen LogP contribution in [-0.2, 0) is 49.5 Å². The lowest BCUT2D eigenvalue weighted by molar-refractivity contribution is -0.157. The van der Waals surface area contributed by atoms with Crippen LogP contribution in [0, 0.1) is 24.2 Å². The minimum absolute atomic E-state index is 0.0231. The topological polar surface area (TPSA) is 188 Å². The molecule has 0 saturated carbocycles. The predicted octanol–water partition coefficient (Wildman–Crippen LogP) is 7.43. The fourth-order valence-corrected chi connectivity index (χ4v) is 8.85. The second-order valence-corrected chi connectivity index (χ2v) is 18.1. The van der Waals surface area contributed by atoms with E-state index < -0.39 is 77.4 Å². The van der Waals surface area contributed by atoms with Crippen molar-refractivity contribution in [2.24, 2.45) is 17.3 Å². The number of nitrogens with zero attached hydrogens (tertiary/aromatic N) is 2. The van der Waals surface area contributed by atoms with Crippen molar-refractivity contribution in [1.29, 1.82) is 0 Å². The normalized spacial score (nSPS) is 27.0. The number of aromatic nitrogens is 1. The number of allylic oxidation sites excluding steroid dienone is 1. The van der Waals surface area contributed by atoms with Crippen molar-refractivity contribution in [3.05, 3.63) is 83.4 Å². The number of epoxide rings is 1. The molecule has 3 aromatic rings. The molecular formula is C46H54N2O12S. The van der Waals surface area contributed by atoms with Crippen LogP contribution in [-0.4, -0.2) is 81.1 Å². The molecule has 6 rings (SSSR count). The summed E-state index contributed by atoms with van der Waals surface area (Å²) in [5.74, 6) is -3.41. The third-order valence-corrected chi connectivity index (χ3v) is 12.9. The molecule has 3 aliphatic rings. The zero-order chi connectivity index (χ0) is 44.1. The summed E-state index contributed by atoms with van der Waals surface area (Å²) in [6, 6.07) is 12.0. The Morgan fingerprint density at radius 3 is 2.49 bits per heavy atom. The highest BCUT2D eigenvalue weighted by atomic mass is 32.1. The van der Waals surface area contributed by atoms with E-state index in [4.69, 9.17) is 23.7 Å². The average molecular weight is 859 g/mol. The van der Waals surface area contributed by atoms with E-state index in [9.17, 15) is 33.9 Å². The number of aliphatic hydroxyl groups excluding tert-OH is 1. The summed E-state index contributed by atoms with van der Waals surface area (Å²) >= 11 is 1.57. The zero-order valence-corrected chi connectivity index (χ0v) is 36.1. The van der Waals surface area contributed by atoms with Crippen LogP contribution >= 0.6 is 11.3 Å². The Balaban J connectivity index is 1.15. The first-order valence-electron chi connectivity index (χ1n) is 20.7. The van der Waals surface area contributed by atoms with Gasteiger partial charge in [0.1, 0.15) is 30.3 Å². The minimum atomic E-state index is -1.49. The number of carbonyl (C=O) groups is 6. The molecule has 326 valence electrons. The summed E-state index contributed by atoms with van der Waals surface area (Å²) in [7, 11) is 0. The molecule has 0 spiro atoms. The molecule has 61 heavy (non-hydrogen) atoms. The summed E-state index contributed by atoms with van der Waals surface area (Å²) < 4.78 is 30.1. The molecule has 4 heterocycles. The maximum Gasteiger partial charge on any atom is 0.508 e. The molecule has 0 unspecified atom stereocenters. The van der Waals surface area contributed by atoms with Crippen LogP contribution in [0.1, 0.15) is 101 Å². The van der Waals surface area contributed by atoms with Gasteiger partial charge >= 0.3 is 18.1 Å². The van der Waals surface area contributed by atoms with Crippen molar-refractivity contribution in [1.82, 2.24) is 9.88 Å². The summed E-state index contributed by atoms with van der Waals surface area (Å²) in [6.07, 6.45) is 1.91. The summed E-state index contributed by atoms with van der Waals surface area (Å²) in [5, 5.41) is 12.5. The maximum absolute atomic E-state index is 14.5. The number of carbonyl (C=O) groups excluding carboxylic acids is 6. The Labute approximate surface area is 359 Å². The fraction of sp³-hybridized carbons (Fsp3) is 0.500. The predicted molar refractivity (Wildman–Crippen MR) is 224 cm³/mol. The van der Waals surface area contributed by atoms with E-state index in [0.29, 0.717) is 18.4 Å². The van der Waals surface area contributed by atoms with Crippen LogP contribution < -0.4 is 4.74 Å². The maximum atomic E-state index is 14.5. The number of hydrogen-bond donors (Lipinski definition) is 1. The Morgan fingerprint density at radius 1 is 1.07 bits per heavy atom. The summed E-state index contributed by atoms with van der Waals surface area (Å²) in [4.78, 5) is 83.4. The number of Topliss-reactive ketones (excluding diaryl/α,β-unsaturated/α-hetero) is 1. The van der Waals surface area contributed by atoms with Crippen molar-refractivity contribution >= 4 is 57.2 Å². The van der Waals surface area contributed by atoms with Crippen molar-refractivity contribution in [3.8, 4) is 5.75 Å². The number of cyclic esters (lactones) is 1. The molecule has 1 N–H and O–H groups in total. The lowest BCUT2D eigenvalue weighted by atomic mass is 9.71. The number of imide groups is 1. The molecule has 2 saturated heterocycles. The van der Waals surface area contributed by atoms with Crippen LogP contribution in [0.25, 0.3) is 10.2 Å². The highest BCUT2D eigenvalue weighted by molar-refractivity contribution is 7.18. The van der Waals surface area contributed by atoms with E-state index >= 15 is 0 Å². The second-order valence-electron chi connectivity index (χ2n) is 16.9. The van der Waals surface area contributed by atoms with E-state index in [1.54, 1.807) is 43.4 Å². The van der Waals surface area contributed by atoms with Gasteiger partial charge in [0.2, 0.25) is 0 Å². The van der Waals surface area contributed by atoms with Gasteiger partial charge in [0, 0.05) is 37.5 Å². The largest absolute Gasteiger partial charge is 0.508 e. The number of thiazole rings is 1.